The molecule has 1 saturated heterocycles. The van der Waals surface area contributed by atoms with E-state index in [9.17, 15) is 4.79 Å². The van der Waals surface area contributed by atoms with E-state index in [1.54, 1.807) is 12.1 Å². The van der Waals surface area contributed by atoms with Gasteiger partial charge in [0.25, 0.3) is 5.91 Å². The first-order valence-electron chi connectivity index (χ1n) is 10.9. The van der Waals surface area contributed by atoms with Crippen molar-refractivity contribution >= 4 is 45.1 Å². The van der Waals surface area contributed by atoms with E-state index in [0.29, 0.717) is 42.4 Å². The Labute approximate surface area is 198 Å². The summed E-state index contributed by atoms with van der Waals surface area (Å²) in [6, 6.07) is 8.80. The summed E-state index contributed by atoms with van der Waals surface area (Å²) in [6.45, 7) is 3.64. The molecule has 11 heteroatoms. The number of hydrogen-bond acceptors (Lipinski definition) is 9. The number of nitrogens with zero attached hydrogens (tertiary/aromatic N) is 3. The zero-order valence-corrected chi connectivity index (χ0v) is 18.9. The Morgan fingerprint density at radius 3 is 2.91 bits per heavy atom. The predicted molar refractivity (Wildman–Crippen MR) is 124 cm³/mol. The van der Waals surface area contributed by atoms with Crippen molar-refractivity contribution in [2.24, 2.45) is 0 Å². The summed E-state index contributed by atoms with van der Waals surface area (Å²) in [7, 11) is 0. The maximum atomic E-state index is 12.5. The minimum absolute atomic E-state index is 0.0204. The molecule has 0 saturated carbocycles. The van der Waals surface area contributed by atoms with E-state index in [0.717, 1.165) is 17.2 Å². The SMILES string of the molecule is CC1CNc2c(oc3ccc4nc(Oc5cc(Cl)nc(OC6CCOC6)n5)ccc4c23)C(=O)N1. The number of hydrogen-bond donors (Lipinski definition) is 2. The second kappa shape index (κ2) is 8.30. The van der Waals surface area contributed by atoms with Crippen molar-refractivity contribution in [2.45, 2.75) is 25.5 Å². The van der Waals surface area contributed by atoms with Crippen LogP contribution in [-0.4, -0.2) is 52.8 Å². The number of halogens is 1. The molecule has 2 aliphatic heterocycles. The van der Waals surface area contributed by atoms with Crippen LogP contribution < -0.4 is 20.1 Å². The Bertz CT molecular complexity index is 1420. The van der Waals surface area contributed by atoms with Gasteiger partial charge < -0.3 is 29.3 Å². The normalized spacial score (nSPS) is 20.0. The van der Waals surface area contributed by atoms with Crippen molar-refractivity contribution in [1.82, 2.24) is 20.3 Å². The second-order valence-corrected chi connectivity index (χ2v) is 8.62. The zero-order chi connectivity index (χ0) is 23.2. The molecule has 4 aromatic rings. The molecule has 2 unspecified atom stereocenters. The first-order valence-corrected chi connectivity index (χ1v) is 11.3. The van der Waals surface area contributed by atoms with E-state index in [1.807, 2.05) is 19.1 Å². The van der Waals surface area contributed by atoms with Gasteiger partial charge in [-0.2, -0.15) is 9.97 Å². The van der Waals surface area contributed by atoms with Crippen LogP contribution in [0.15, 0.2) is 34.7 Å². The molecule has 2 atom stereocenters. The number of ether oxygens (including phenoxy) is 3. The Morgan fingerprint density at radius 2 is 2.06 bits per heavy atom. The highest BCUT2D eigenvalue weighted by molar-refractivity contribution is 6.29. The molecule has 174 valence electrons. The lowest BCUT2D eigenvalue weighted by Crippen LogP contribution is -2.34. The Balaban J connectivity index is 1.33. The molecule has 0 aliphatic carbocycles. The zero-order valence-electron chi connectivity index (χ0n) is 18.1. The number of anilines is 1. The van der Waals surface area contributed by atoms with Crippen LogP contribution in [0.4, 0.5) is 5.69 Å². The third-order valence-corrected chi connectivity index (χ3v) is 5.88. The van der Waals surface area contributed by atoms with Crippen LogP contribution in [0.5, 0.6) is 17.8 Å². The third kappa shape index (κ3) is 3.84. The summed E-state index contributed by atoms with van der Waals surface area (Å²) in [4.78, 5) is 25.5. The maximum absolute atomic E-state index is 12.5. The van der Waals surface area contributed by atoms with Gasteiger partial charge >= 0.3 is 6.01 Å². The highest BCUT2D eigenvalue weighted by Crippen LogP contribution is 2.38. The van der Waals surface area contributed by atoms with Gasteiger partial charge in [0.15, 0.2) is 0 Å². The molecule has 2 N–H and O–H groups in total. The van der Waals surface area contributed by atoms with Gasteiger partial charge in [-0.3, -0.25) is 4.79 Å². The molecule has 34 heavy (non-hydrogen) atoms. The fraction of sp³-hybridized carbons (Fsp3) is 0.304. The lowest BCUT2D eigenvalue weighted by atomic mass is 10.1. The summed E-state index contributed by atoms with van der Waals surface area (Å²) in [5.41, 5.74) is 1.94. The maximum Gasteiger partial charge on any atom is 0.321 e. The smallest absolute Gasteiger partial charge is 0.321 e. The number of carbonyl (C=O) groups excluding carboxylic acids is 1. The van der Waals surface area contributed by atoms with E-state index >= 15 is 0 Å². The van der Waals surface area contributed by atoms with E-state index in [4.69, 9.17) is 30.2 Å². The lowest BCUT2D eigenvalue weighted by Gasteiger charge is -2.11. The second-order valence-electron chi connectivity index (χ2n) is 8.23. The summed E-state index contributed by atoms with van der Waals surface area (Å²) in [5.74, 6) is 0.563. The Kier molecular flexibility index (Phi) is 5.11. The summed E-state index contributed by atoms with van der Waals surface area (Å²) < 4.78 is 22.8. The standard InChI is InChI=1S/C23H20ClN5O5/c1-11-9-25-20-19-13-2-5-17(27-14(13)3-4-15(19)33-21(20)22(30)26-11)34-18-8-16(24)28-23(29-18)32-12-6-7-31-10-12/h2-5,8,11-12,25H,6-7,9-10H2,1H3,(H,26,30). The molecular formula is C23H20ClN5O5. The molecule has 0 radical (unpaired) electrons. The van der Waals surface area contributed by atoms with Crippen LogP contribution in [0.3, 0.4) is 0 Å². The van der Waals surface area contributed by atoms with Crippen LogP contribution >= 0.6 is 11.6 Å². The van der Waals surface area contributed by atoms with E-state index < -0.39 is 0 Å². The number of benzene rings is 1. The molecule has 3 aromatic heterocycles. The molecule has 10 nitrogen and oxygen atoms in total. The van der Waals surface area contributed by atoms with Crippen LogP contribution in [0, 0.1) is 0 Å². The number of furan rings is 1. The van der Waals surface area contributed by atoms with E-state index in [2.05, 4.69) is 25.6 Å². The lowest BCUT2D eigenvalue weighted by molar-refractivity contribution is 0.0920. The van der Waals surface area contributed by atoms with Crippen molar-refractivity contribution < 1.29 is 23.4 Å². The van der Waals surface area contributed by atoms with Crippen LogP contribution in [0.2, 0.25) is 5.15 Å². The van der Waals surface area contributed by atoms with Crippen LogP contribution in [0.25, 0.3) is 21.9 Å². The Hall–Kier alpha value is -3.63. The molecule has 6 rings (SSSR count). The number of aromatic nitrogens is 3. The highest BCUT2D eigenvalue weighted by Gasteiger charge is 2.26. The van der Waals surface area contributed by atoms with Gasteiger partial charge in [0, 0.05) is 36.5 Å². The fourth-order valence-corrected chi connectivity index (χ4v) is 4.27. The largest absolute Gasteiger partial charge is 0.457 e. The summed E-state index contributed by atoms with van der Waals surface area (Å²) in [6.07, 6.45) is 0.649. The number of fused-ring (bicyclic) bond motifs is 5. The van der Waals surface area contributed by atoms with Crippen LogP contribution in [-0.2, 0) is 4.74 Å². The number of nitrogens with one attached hydrogen (secondary N) is 2. The molecular weight excluding hydrogens is 462 g/mol. The summed E-state index contributed by atoms with van der Waals surface area (Å²) in [5, 5.41) is 8.06. The van der Waals surface area contributed by atoms with Gasteiger partial charge in [-0.05, 0) is 25.1 Å². The minimum Gasteiger partial charge on any atom is -0.457 e. The van der Waals surface area contributed by atoms with Gasteiger partial charge in [0.1, 0.15) is 16.8 Å². The van der Waals surface area contributed by atoms with E-state index in [1.165, 1.54) is 6.07 Å². The first-order chi connectivity index (χ1) is 16.5. The minimum atomic E-state index is -0.243. The van der Waals surface area contributed by atoms with Crippen molar-refractivity contribution in [3.8, 4) is 17.8 Å². The van der Waals surface area contributed by atoms with Gasteiger partial charge in [-0.15, -0.1) is 0 Å². The Morgan fingerprint density at radius 1 is 1.15 bits per heavy atom. The monoisotopic (exact) mass is 481 g/mol. The molecule has 1 amide bonds. The molecule has 1 fully saturated rings. The topological polar surface area (TPSA) is 121 Å². The molecule has 1 aromatic carbocycles. The fourth-order valence-electron chi connectivity index (χ4n) is 4.11. The predicted octanol–water partition coefficient (Wildman–Crippen LogP) is 3.93. The number of amides is 1. The summed E-state index contributed by atoms with van der Waals surface area (Å²) >= 11 is 6.14. The third-order valence-electron chi connectivity index (χ3n) is 5.69. The number of carbonyl (C=O) groups is 1. The van der Waals surface area contributed by atoms with Crippen molar-refractivity contribution in [2.75, 3.05) is 25.1 Å². The number of pyridine rings is 1. The van der Waals surface area contributed by atoms with Crippen LogP contribution in [0.1, 0.15) is 23.9 Å². The van der Waals surface area contributed by atoms with E-state index in [-0.39, 0.29) is 40.9 Å². The quantitative estimate of drug-likeness (QED) is 0.417. The van der Waals surface area contributed by atoms with Gasteiger partial charge in [0.2, 0.25) is 17.5 Å². The highest BCUT2D eigenvalue weighted by atomic mass is 35.5. The molecule has 5 heterocycles. The van der Waals surface area contributed by atoms with Gasteiger partial charge in [-0.1, -0.05) is 11.6 Å². The average molecular weight is 482 g/mol. The van der Waals surface area contributed by atoms with Crippen molar-refractivity contribution in [1.29, 1.82) is 0 Å². The van der Waals surface area contributed by atoms with Gasteiger partial charge in [0.05, 0.1) is 29.8 Å². The van der Waals surface area contributed by atoms with Crippen molar-refractivity contribution in [3.63, 3.8) is 0 Å². The van der Waals surface area contributed by atoms with Crippen molar-refractivity contribution in [3.05, 3.63) is 41.2 Å². The molecule has 0 spiro atoms. The first kappa shape index (κ1) is 20.9. The average Bonchev–Trinajstić information content (AvgIpc) is 3.42. The molecule has 2 aliphatic rings. The molecule has 0 bridgehead atoms. The van der Waals surface area contributed by atoms with Gasteiger partial charge in [-0.25, -0.2) is 4.98 Å². The number of rotatable bonds is 4.